The van der Waals surface area contributed by atoms with Gasteiger partial charge < -0.3 is 15.1 Å². The minimum atomic E-state index is -0.323. The number of hydrogen-bond donors (Lipinski definition) is 2. The van der Waals surface area contributed by atoms with Gasteiger partial charge in [-0.2, -0.15) is 0 Å². The van der Waals surface area contributed by atoms with Crippen LogP contribution in [-0.2, 0) is 0 Å². The van der Waals surface area contributed by atoms with Crippen molar-refractivity contribution in [3.8, 4) is 11.5 Å². The van der Waals surface area contributed by atoms with E-state index in [-0.39, 0.29) is 23.0 Å². The van der Waals surface area contributed by atoms with Crippen molar-refractivity contribution in [2.45, 2.75) is 26.7 Å². The molecule has 0 spiro atoms. The molecule has 0 saturated carbocycles. The normalized spacial score (nSPS) is 10.2. The fraction of sp³-hybridized carbons (Fsp3) is 0.462. The van der Waals surface area contributed by atoms with Crippen LogP contribution in [0.1, 0.15) is 37.0 Å². The van der Waals surface area contributed by atoms with Crippen molar-refractivity contribution in [3.05, 3.63) is 23.8 Å². The number of carbonyl (C=O) groups excluding carboxylic acids is 1. The molecule has 17 heavy (non-hydrogen) atoms. The van der Waals surface area contributed by atoms with Gasteiger partial charge in [0, 0.05) is 13.1 Å². The van der Waals surface area contributed by atoms with Crippen LogP contribution >= 0.6 is 0 Å². The molecule has 0 fully saturated rings. The maximum absolute atomic E-state index is 12.1. The Morgan fingerprint density at radius 2 is 1.82 bits per heavy atom. The van der Waals surface area contributed by atoms with Crippen molar-refractivity contribution in [2.24, 2.45) is 0 Å². The lowest BCUT2D eigenvalue weighted by atomic mass is 10.1. The first kappa shape index (κ1) is 13.4. The minimum Gasteiger partial charge on any atom is -0.507 e. The zero-order valence-electron chi connectivity index (χ0n) is 10.3. The number of rotatable bonds is 5. The smallest absolute Gasteiger partial charge is 0.261 e. The first-order chi connectivity index (χ1) is 8.11. The van der Waals surface area contributed by atoms with E-state index in [1.54, 1.807) is 4.90 Å². The molecule has 1 amide bonds. The first-order valence-electron chi connectivity index (χ1n) is 5.92. The average Bonchev–Trinajstić information content (AvgIpc) is 2.30. The molecule has 0 aliphatic heterocycles. The van der Waals surface area contributed by atoms with Gasteiger partial charge in [0.15, 0.2) is 0 Å². The van der Waals surface area contributed by atoms with E-state index in [2.05, 4.69) is 6.92 Å². The van der Waals surface area contributed by atoms with Crippen LogP contribution in [0.3, 0.4) is 0 Å². The quantitative estimate of drug-likeness (QED) is 0.826. The molecule has 0 aliphatic carbocycles. The zero-order chi connectivity index (χ0) is 12.8. The van der Waals surface area contributed by atoms with Gasteiger partial charge in [0.05, 0.1) is 0 Å². The van der Waals surface area contributed by atoms with E-state index in [9.17, 15) is 15.0 Å². The molecule has 0 radical (unpaired) electrons. The summed E-state index contributed by atoms with van der Waals surface area (Å²) in [7, 11) is 0. The lowest BCUT2D eigenvalue weighted by Crippen LogP contribution is -2.31. The number of hydrogen-bond acceptors (Lipinski definition) is 3. The number of carbonyl (C=O) groups is 1. The molecule has 0 unspecified atom stereocenters. The Hall–Kier alpha value is -1.71. The Morgan fingerprint density at radius 1 is 1.24 bits per heavy atom. The summed E-state index contributed by atoms with van der Waals surface area (Å²) in [6.45, 7) is 5.13. The van der Waals surface area contributed by atoms with Crippen LogP contribution in [0.5, 0.6) is 11.5 Å². The topological polar surface area (TPSA) is 60.8 Å². The standard InChI is InChI=1S/C13H19NO3/c1-3-5-9-14(4-2)13(17)12-10(15)7-6-8-11(12)16/h6-8,15-16H,3-5,9H2,1-2H3. The van der Waals surface area contributed by atoms with E-state index in [4.69, 9.17) is 0 Å². The predicted octanol–water partition coefficient (Wildman–Crippen LogP) is 2.36. The van der Waals surface area contributed by atoms with Gasteiger partial charge >= 0.3 is 0 Å². The molecule has 0 heterocycles. The molecule has 0 saturated heterocycles. The van der Waals surface area contributed by atoms with E-state index >= 15 is 0 Å². The summed E-state index contributed by atoms with van der Waals surface area (Å²) in [4.78, 5) is 13.8. The number of phenolic OH excluding ortho intramolecular Hbond substituents is 2. The van der Waals surface area contributed by atoms with Crippen molar-refractivity contribution < 1.29 is 15.0 Å². The van der Waals surface area contributed by atoms with Crippen LogP contribution in [0.25, 0.3) is 0 Å². The monoisotopic (exact) mass is 237 g/mol. The van der Waals surface area contributed by atoms with Gasteiger partial charge in [-0.05, 0) is 25.5 Å². The van der Waals surface area contributed by atoms with Crippen LogP contribution in [0.2, 0.25) is 0 Å². The lowest BCUT2D eigenvalue weighted by molar-refractivity contribution is 0.0756. The van der Waals surface area contributed by atoms with Crippen LogP contribution in [-0.4, -0.2) is 34.1 Å². The van der Waals surface area contributed by atoms with Crippen LogP contribution in [0.15, 0.2) is 18.2 Å². The molecular formula is C13H19NO3. The molecule has 0 aliphatic rings. The van der Waals surface area contributed by atoms with Crippen molar-refractivity contribution in [1.29, 1.82) is 0 Å². The van der Waals surface area contributed by atoms with Gasteiger partial charge in [-0.1, -0.05) is 19.4 Å². The molecule has 0 atom stereocenters. The summed E-state index contributed by atoms with van der Waals surface area (Å²) in [5.41, 5.74) is -0.00884. The molecule has 1 rings (SSSR count). The third kappa shape index (κ3) is 3.12. The SMILES string of the molecule is CCCCN(CC)C(=O)c1c(O)cccc1O. The number of amides is 1. The second-order valence-electron chi connectivity index (χ2n) is 3.91. The third-order valence-electron chi connectivity index (χ3n) is 2.68. The molecule has 0 bridgehead atoms. The largest absolute Gasteiger partial charge is 0.507 e. The molecule has 0 aromatic heterocycles. The highest BCUT2D eigenvalue weighted by molar-refractivity contribution is 5.99. The van der Waals surface area contributed by atoms with E-state index in [0.717, 1.165) is 12.8 Å². The van der Waals surface area contributed by atoms with Crippen molar-refractivity contribution in [2.75, 3.05) is 13.1 Å². The highest BCUT2D eigenvalue weighted by atomic mass is 16.3. The number of benzene rings is 1. The lowest BCUT2D eigenvalue weighted by Gasteiger charge is -2.21. The second-order valence-corrected chi connectivity index (χ2v) is 3.91. The fourth-order valence-electron chi connectivity index (χ4n) is 1.66. The van der Waals surface area contributed by atoms with Gasteiger partial charge in [0.2, 0.25) is 0 Å². The summed E-state index contributed by atoms with van der Waals surface area (Å²) < 4.78 is 0. The summed E-state index contributed by atoms with van der Waals surface area (Å²) in [6, 6.07) is 4.31. The van der Waals surface area contributed by atoms with E-state index in [1.807, 2.05) is 6.92 Å². The second kappa shape index (κ2) is 6.13. The van der Waals surface area contributed by atoms with Crippen LogP contribution in [0.4, 0.5) is 0 Å². The summed E-state index contributed by atoms with van der Waals surface area (Å²) in [5, 5.41) is 19.2. The van der Waals surface area contributed by atoms with Gasteiger partial charge in [-0.15, -0.1) is 0 Å². The molecule has 94 valence electrons. The van der Waals surface area contributed by atoms with Crippen molar-refractivity contribution >= 4 is 5.91 Å². The maximum atomic E-state index is 12.1. The fourth-order valence-corrected chi connectivity index (χ4v) is 1.66. The highest BCUT2D eigenvalue weighted by Gasteiger charge is 2.20. The molecule has 1 aromatic rings. The van der Waals surface area contributed by atoms with E-state index in [1.165, 1.54) is 18.2 Å². The Kier molecular flexibility index (Phi) is 4.82. The Balaban J connectivity index is 2.93. The van der Waals surface area contributed by atoms with Gasteiger partial charge in [0.25, 0.3) is 5.91 Å². The van der Waals surface area contributed by atoms with Crippen molar-refractivity contribution in [1.82, 2.24) is 4.90 Å². The Labute approximate surface area is 101 Å². The van der Waals surface area contributed by atoms with Gasteiger partial charge in [-0.3, -0.25) is 4.79 Å². The number of nitrogens with zero attached hydrogens (tertiary/aromatic N) is 1. The summed E-state index contributed by atoms with van der Waals surface area (Å²) in [6.07, 6.45) is 1.91. The average molecular weight is 237 g/mol. The van der Waals surface area contributed by atoms with Crippen LogP contribution < -0.4 is 0 Å². The number of phenols is 2. The summed E-state index contributed by atoms with van der Waals surface area (Å²) in [5.74, 6) is -0.675. The molecular weight excluding hydrogens is 218 g/mol. The van der Waals surface area contributed by atoms with E-state index < -0.39 is 0 Å². The van der Waals surface area contributed by atoms with Gasteiger partial charge in [-0.25, -0.2) is 0 Å². The molecule has 2 N–H and O–H groups in total. The number of unbranched alkanes of at least 4 members (excludes halogenated alkanes) is 1. The molecule has 1 aromatic carbocycles. The highest BCUT2D eigenvalue weighted by Crippen LogP contribution is 2.27. The number of aromatic hydroxyl groups is 2. The third-order valence-corrected chi connectivity index (χ3v) is 2.68. The zero-order valence-corrected chi connectivity index (χ0v) is 10.3. The predicted molar refractivity (Wildman–Crippen MR) is 66.3 cm³/mol. The maximum Gasteiger partial charge on any atom is 0.261 e. The van der Waals surface area contributed by atoms with Gasteiger partial charge in [0.1, 0.15) is 17.1 Å². The Bertz CT molecular complexity index is 370. The molecule has 4 nitrogen and oxygen atoms in total. The molecule has 4 heteroatoms. The van der Waals surface area contributed by atoms with E-state index in [0.29, 0.717) is 13.1 Å². The Morgan fingerprint density at radius 3 is 2.29 bits per heavy atom. The minimum absolute atomic E-state index is 0.00884. The van der Waals surface area contributed by atoms with Crippen molar-refractivity contribution in [3.63, 3.8) is 0 Å². The van der Waals surface area contributed by atoms with Crippen LogP contribution in [0, 0.1) is 0 Å². The first-order valence-corrected chi connectivity index (χ1v) is 5.92. The summed E-state index contributed by atoms with van der Waals surface area (Å²) >= 11 is 0.